The number of urea groups is 1. The minimum absolute atomic E-state index is 0.0191. The quantitative estimate of drug-likeness (QED) is 0.477. The molecule has 0 aliphatic carbocycles. The van der Waals surface area contributed by atoms with E-state index in [0.717, 1.165) is 0 Å². The molecular weight excluding hydrogens is 502 g/mol. The van der Waals surface area contributed by atoms with Crippen molar-refractivity contribution in [2.45, 2.75) is 36.8 Å². The van der Waals surface area contributed by atoms with Crippen LogP contribution in [-0.4, -0.2) is 88.7 Å². The number of carbonyl (C=O) groups is 2. The van der Waals surface area contributed by atoms with Crippen LogP contribution in [0.3, 0.4) is 0 Å². The highest BCUT2D eigenvalue weighted by molar-refractivity contribution is 7.90. The number of ether oxygens (including phenoxy) is 3. The summed E-state index contributed by atoms with van der Waals surface area (Å²) in [6.45, 7) is -1.59. The average molecular weight is 531 g/mol. The minimum Gasteiger partial charge on any atom is -0.435 e. The third-order valence-electron chi connectivity index (χ3n) is 5.82. The summed E-state index contributed by atoms with van der Waals surface area (Å²) in [6, 6.07) is 5.28. The number of nitriles is 1. The molecule has 11 nitrogen and oxygen atoms in total. The fourth-order valence-electron chi connectivity index (χ4n) is 3.88. The summed E-state index contributed by atoms with van der Waals surface area (Å²) in [6.07, 6.45) is 0.398. The van der Waals surface area contributed by atoms with Gasteiger partial charge in [-0.3, -0.25) is 4.79 Å². The molecule has 2 heterocycles. The number of hydrogen-bond acceptors (Lipinski definition) is 8. The molecule has 0 aromatic heterocycles. The molecule has 2 aliphatic heterocycles. The Balaban J connectivity index is 1.80. The van der Waals surface area contributed by atoms with Gasteiger partial charge in [-0.15, -0.1) is 0 Å². The number of hydrogen-bond donors (Lipinski definition) is 2. The van der Waals surface area contributed by atoms with Crippen LogP contribution in [0.25, 0.3) is 0 Å². The first-order chi connectivity index (χ1) is 17.1. The van der Waals surface area contributed by atoms with Crippen LogP contribution in [0.2, 0.25) is 0 Å². The maximum atomic E-state index is 13.2. The van der Waals surface area contributed by atoms with E-state index < -0.39 is 51.5 Å². The molecule has 0 saturated carbocycles. The topological polar surface area (TPSA) is 147 Å². The fraction of sp³-hybridized carbons (Fsp3) is 0.591. The van der Waals surface area contributed by atoms with Gasteiger partial charge in [0.05, 0.1) is 30.8 Å². The lowest BCUT2D eigenvalue weighted by Gasteiger charge is -2.34. The van der Waals surface area contributed by atoms with Crippen molar-refractivity contribution in [1.82, 2.24) is 15.5 Å². The summed E-state index contributed by atoms with van der Waals surface area (Å²) < 4.78 is 66.5. The molecule has 1 aromatic carbocycles. The zero-order valence-corrected chi connectivity index (χ0v) is 20.3. The number of benzene rings is 1. The van der Waals surface area contributed by atoms with Gasteiger partial charge in [-0.05, 0) is 6.07 Å². The van der Waals surface area contributed by atoms with Crippen LogP contribution in [0, 0.1) is 11.3 Å². The van der Waals surface area contributed by atoms with Gasteiger partial charge in [0.1, 0.15) is 17.3 Å². The summed E-state index contributed by atoms with van der Waals surface area (Å²) in [7, 11) is -4.13. The van der Waals surface area contributed by atoms with Crippen molar-refractivity contribution in [2.24, 2.45) is 0 Å². The average Bonchev–Trinajstić information content (AvgIpc) is 2.85. The van der Waals surface area contributed by atoms with E-state index in [0.29, 0.717) is 13.2 Å². The zero-order valence-electron chi connectivity index (χ0n) is 19.5. The second-order valence-electron chi connectivity index (χ2n) is 8.44. The smallest absolute Gasteiger partial charge is 0.387 e. The molecule has 2 N–H and O–H groups in total. The molecule has 1 aromatic rings. The Morgan fingerprint density at radius 3 is 2.42 bits per heavy atom. The fourth-order valence-corrected chi connectivity index (χ4v) is 5.45. The summed E-state index contributed by atoms with van der Waals surface area (Å²) in [4.78, 5) is 27.3. The van der Waals surface area contributed by atoms with E-state index in [9.17, 15) is 32.0 Å². The number of nitrogens with zero attached hydrogens (tertiary/aromatic N) is 2. The number of amides is 3. The van der Waals surface area contributed by atoms with Gasteiger partial charge in [-0.1, -0.05) is 18.2 Å². The number of alkyl halides is 2. The number of morpholine rings is 1. The molecule has 2 aliphatic rings. The van der Waals surface area contributed by atoms with Crippen molar-refractivity contribution < 1.29 is 41.0 Å². The van der Waals surface area contributed by atoms with Crippen molar-refractivity contribution >= 4 is 21.8 Å². The largest absolute Gasteiger partial charge is 0.435 e. The van der Waals surface area contributed by atoms with Gasteiger partial charge in [0.2, 0.25) is 5.91 Å². The molecule has 2 saturated heterocycles. The van der Waals surface area contributed by atoms with Crippen LogP contribution in [0.4, 0.5) is 13.6 Å². The van der Waals surface area contributed by atoms with Crippen molar-refractivity contribution in [3.63, 3.8) is 0 Å². The third-order valence-corrected chi connectivity index (χ3v) is 7.41. The number of sulfone groups is 1. The normalized spacial score (nSPS) is 18.7. The maximum absolute atomic E-state index is 13.2. The van der Waals surface area contributed by atoms with Crippen LogP contribution < -0.4 is 15.4 Å². The molecule has 0 unspecified atom stereocenters. The van der Waals surface area contributed by atoms with E-state index in [2.05, 4.69) is 21.4 Å². The first kappa shape index (κ1) is 27.6. The van der Waals surface area contributed by atoms with E-state index in [1.807, 2.05) is 0 Å². The van der Waals surface area contributed by atoms with Crippen molar-refractivity contribution in [2.75, 3.05) is 45.3 Å². The first-order valence-electron chi connectivity index (χ1n) is 11.3. The molecule has 14 heteroatoms. The second kappa shape index (κ2) is 12.3. The van der Waals surface area contributed by atoms with Gasteiger partial charge in [-0.2, -0.15) is 14.0 Å². The van der Waals surface area contributed by atoms with Crippen LogP contribution >= 0.6 is 0 Å². The van der Waals surface area contributed by atoms with Crippen molar-refractivity contribution in [3.05, 3.63) is 29.8 Å². The van der Waals surface area contributed by atoms with Crippen LogP contribution in [0.15, 0.2) is 24.3 Å². The number of nitrogens with one attached hydrogen (secondary N) is 2. The van der Waals surface area contributed by atoms with Gasteiger partial charge >= 0.3 is 12.6 Å². The van der Waals surface area contributed by atoms with Crippen molar-refractivity contribution in [1.29, 1.82) is 5.26 Å². The Morgan fingerprint density at radius 2 is 1.78 bits per heavy atom. The molecule has 3 rings (SSSR count). The Kier molecular flexibility index (Phi) is 9.41. The third kappa shape index (κ3) is 7.74. The van der Waals surface area contributed by atoms with Gasteiger partial charge < -0.3 is 29.7 Å². The Hall–Kier alpha value is -3.02. The van der Waals surface area contributed by atoms with E-state index >= 15 is 0 Å². The SMILES string of the molecule is N#CC1(NC(=O)[C@H](CS(=O)(=O)Cc2ccccc2OC(F)F)NC(=O)N2CCOCC2)CCOCC1. The van der Waals surface area contributed by atoms with Crippen LogP contribution in [0.1, 0.15) is 18.4 Å². The molecule has 2 fully saturated rings. The predicted octanol–water partition coefficient (Wildman–Crippen LogP) is 0.802. The standard InChI is InChI=1S/C22H28F2N4O7S/c23-20(24)35-18-4-2-1-3-16(18)13-36(31,32)14-17(26-21(30)28-7-11-34-12-8-28)19(29)27-22(15-25)5-9-33-10-6-22/h1-4,17,20H,5-14H2,(H,26,30)(H,27,29)/t17-/m0/s1. The molecule has 3 amide bonds. The van der Waals surface area contributed by atoms with E-state index in [4.69, 9.17) is 9.47 Å². The molecular formula is C22H28F2N4O7S. The van der Waals surface area contributed by atoms with Gasteiger partial charge in [-0.25, -0.2) is 13.2 Å². The summed E-state index contributed by atoms with van der Waals surface area (Å²) in [5.74, 6) is -2.68. The summed E-state index contributed by atoms with van der Waals surface area (Å²) >= 11 is 0. The van der Waals surface area contributed by atoms with Gasteiger partial charge in [0.15, 0.2) is 9.84 Å². The molecule has 36 heavy (non-hydrogen) atoms. The van der Waals surface area contributed by atoms with Crippen LogP contribution in [0.5, 0.6) is 5.75 Å². The number of rotatable bonds is 9. The number of para-hydroxylation sites is 1. The first-order valence-corrected chi connectivity index (χ1v) is 13.1. The molecule has 1 atom stereocenters. The Labute approximate surface area is 207 Å². The minimum atomic E-state index is -4.13. The highest BCUT2D eigenvalue weighted by atomic mass is 32.2. The van der Waals surface area contributed by atoms with Crippen molar-refractivity contribution in [3.8, 4) is 11.8 Å². The number of carbonyl (C=O) groups excluding carboxylic acids is 2. The predicted molar refractivity (Wildman–Crippen MR) is 122 cm³/mol. The van der Waals surface area contributed by atoms with Gasteiger partial charge in [0.25, 0.3) is 0 Å². The van der Waals surface area contributed by atoms with E-state index in [-0.39, 0.29) is 50.5 Å². The summed E-state index contributed by atoms with van der Waals surface area (Å²) in [5, 5.41) is 14.7. The maximum Gasteiger partial charge on any atom is 0.387 e. The molecule has 0 bridgehead atoms. The molecule has 198 valence electrons. The number of halogens is 2. The zero-order chi connectivity index (χ0) is 26.2. The Bertz CT molecular complexity index is 1070. The summed E-state index contributed by atoms with van der Waals surface area (Å²) in [5.41, 5.74) is -1.28. The highest BCUT2D eigenvalue weighted by Gasteiger charge is 2.38. The second-order valence-corrected chi connectivity index (χ2v) is 10.5. The monoisotopic (exact) mass is 530 g/mol. The Morgan fingerprint density at radius 1 is 1.14 bits per heavy atom. The van der Waals surface area contributed by atoms with Gasteiger partial charge in [0, 0.05) is 44.7 Å². The lowest BCUT2D eigenvalue weighted by Crippen LogP contribution is -2.60. The van der Waals surface area contributed by atoms with E-state index in [1.165, 1.54) is 29.2 Å². The van der Waals surface area contributed by atoms with E-state index in [1.54, 1.807) is 0 Å². The lowest BCUT2D eigenvalue weighted by molar-refractivity contribution is -0.124. The van der Waals surface area contributed by atoms with Crippen LogP contribution in [-0.2, 0) is 29.9 Å². The lowest BCUT2D eigenvalue weighted by atomic mass is 9.91. The highest BCUT2D eigenvalue weighted by Crippen LogP contribution is 2.24. The molecule has 0 radical (unpaired) electrons. The molecule has 0 spiro atoms.